The van der Waals surface area contributed by atoms with Crippen LogP contribution < -0.4 is 20.1 Å². The van der Waals surface area contributed by atoms with Crippen molar-refractivity contribution in [3.8, 4) is 11.5 Å². The Balaban J connectivity index is 1.73. The predicted molar refractivity (Wildman–Crippen MR) is 110 cm³/mol. The summed E-state index contributed by atoms with van der Waals surface area (Å²) in [5.41, 5.74) is 6.40. The van der Waals surface area contributed by atoms with Crippen molar-refractivity contribution in [2.75, 3.05) is 24.7 Å². The lowest BCUT2D eigenvalue weighted by molar-refractivity contribution is -0.118. The van der Waals surface area contributed by atoms with Crippen LogP contribution in [0.1, 0.15) is 41.9 Å². The summed E-state index contributed by atoms with van der Waals surface area (Å²) in [6.45, 7) is 4.48. The highest BCUT2D eigenvalue weighted by Crippen LogP contribution is 2.35. The van der Waals surface area contributed by atoms with Crippen molar-refractivity contribution in [1.29, 1.82) is 0 Å². The van der Waals surface area contributed by atoms with Gasteiger partial charge in [0.2, 0.25) is 5.91 Å². The van der Waals surface area contributed by atoms with E-state index in [9.17, 15) is 4.79 Å². The number of amides is 1. The number of rotatable bonds is 9. The smallest absolute Gasteiger partial charge is 0.227 e. The van der Waals surface area contributed by atoms with E-state index in [1.165, 1.54) is 9.75 Å². The van der Waals surface area contributed by atoms with Gasteiger partial charge in [0.1, 0.15) is 13.2 Å². The highest BCUT2D eigenvalue weighted by molar-refractivity contribution is 7.11. The molecule has 1 amide bonds. The Bertz CT molecular complexity index is 760. The molecule has 0 atom stereocenters. The van der Waals surface area contributed by atoms with Crippen molar-refractivity contribution in [3.05, 3.63) is 40.1 Å². The van der Waals surface area contributed by atoms with Crippen molar-refractivity contribution >= 4 is 22.9 Å². The molecular formula is C21H28N2O3S. The third-order valence-corrected chi connectivity index (χ3v) is 5.58. The maximum Gasteiger partial charge on any atom is 0.227 e. The first-order valence-electron chi connectivity index (χ1n) is 9.63. The van der Waals surface area contributed by atoms with E-state index in [-0.39, 0.29) is 5.91 Å². The Kier molecular flexibility index (Phi) is 7.12. The van der Waals surface area contributed by atoms with Gasteiger partial charge in [0.05, 0.1) is 6.54 Å². The summed E-state index contributed by atoms with van der Waals surface area (Å²) in [5.74, 6) is 1.60. The molecule has 1 aromatic carbocycles. The Morgan fingerprint density at radius 3 is 2.59 bits per heavy atom. The normalized spacial score (nSPS) is 12.8. The second-order valence-corrected chi connectivity index (χ2v) is 8.15. The number of unbranched alkanes of at least 4 members (excludes halogenated alkanes) is 3. The Hall–Kier alpha value is -2.05. The number of hydrogen-bond acceptors (Lipinski definition) is 5. The summed E-state index contributed by atoms with van der Waals surface area (Å²) in [6.07, 6.45) is 4.58. The largest absolute Gasteiger partial charge is 0.486 e. The molecule has 6 heteroatoms. The van der Waals surface area contributed by atoms with Crippen molar-refractivity contribution in [2.45, 2.75) is 45.6 Å². The van der Waals surface area contributed by atoms with Crippen LogP contribution in [0.2, 0.25) is 0 Å². The summed E-state index contributed by atoms with van der Waals surface area (Å²) >= 11 is 1.73. The van der Waals surface area contributed by atoms with E-state index in [0.717, 1.165) is 43.7 Å². The average molecular weight is 389 g/mol. The van der Waals surface area contributed by atoms with Gasteiger partial charge >= 0.3 is 0 Å². The van der Waals surface area contributed by atoms with E-state index in [4.69, 9.17) is 15.2 Å². The molecule has 27 heavy (non-hydrogen) atoms. The minimum Gasteiger partial charge on any atom is -0.486 e. The zero-order chi connectivity index (χ0) is 19.1. The minimum absolute atomic E-state index is 0.144. The predicted octanol–water partition coefficient (Wildman–Crippen LogP) is 4.27. The molecule has 1 aliphatic heterocycles. The molecule has 0 unspecified atom stereocenters. The van der Waals surface area contributed by atoms with Gasteiger partial charge in [-0.15, -0.1) is 11.3 Å². The van der Waals surface area contributed by atoms with E-state index >= 15 is 0 Å². The molecule has 5 nitrogen and oxygen atoms in total. The zero-order valence-electron chi connectivity index (χ0n) is 15.9. The number of nitrogens with zero attached hydrogens (tertiary/aromatic N) is 1. The van der Waals surface area contributed by atoms with E-state index in [0.29, 0.717) is 31.9 Å². The van der Waals surface area contributed by atoms with Crippen molar-refractivity contribution in [1.82, 2.24) is 0 Å². The number of nitrogens with two attached hydrogens (primary N) is 1. The third kappa shape index (κ3) is 5.47. The molecule has 0 bridgehead atoms. The van der Waals surface area contributed by atoms with E-state index < -0.39 is 0 Å². The van der Waals surface area contributed by atoms with Gasteiger partial charge in [-0.05, 0) is 50.6 Å². The van der Waals surface area contributed by atoms with Crippen molar-refractivity contribution in [2.24, 2.45) is 5.73 Å². The van der Waals surface area contributed by atoms with Gasteiger partial charge in [-0.1, -0.05) is 12.8 Å². The molecule has 0 fully saturated rings. The van der Waals surface area contributed by atoms with Crippen LogP contribution in [0.3, 0.4) is 0 Å². The number of fused-ring (bicyclic) bond motifs is 1. The van der Waals surface area contributed by atoms with Gasteiger partial charge < -0.3 is 20.1 Å². The third-order valence-electron chi connectivity index (χ3n) is 4.59. The molecule has 1 aromatic heterocycles. The fraction of sp³-hybridized carbons (Fsp3) is 0.476. The summed E-state index contributed by atoms with van der Waals surface area (Å²) in [4.78, 5) is 17.3. The summed E-state index contributed by atoms with van der Waals surface area (Å²) in [6, 6.07) is 9.95. The molecule has 0 radical (unpaired) electrons. The molecule has 3 rings (SSSR count). The first-order chi connectivity index (χ1) is 13.2. The van der Waals surface area contributed by atoms with Gasteiger partial charge in [0.15, 0.2) is 11.5 Å². The monoisotopic (exact) mass is 388 g/mol. The van der Waals surface area contributed by atoms with Gasteiger partial charge in [-0.3, -0.25) is 4.79 Å². The van der Waals surface area contributed by atoms with E-state index in [2.05, 4.69) is 19.1 Å². The fourth-order valence-electron chi connectivity index (χ4n) is 3.16. The SMILES string of the molecule is Cc1ccc(CN(C(=O)CCCCCCN)c2ccc3c(c2)OCCO3)s1. The quantitative estimate of drug-likeness (QED) is 0.652. The lowest BCUT2D eigenvalue weighted by atomic mass is 10.1. The van der Waals surface area contributed by atoms with Crippen LogP contribution in [0.25, 0.3) is 0 Å². The molecule has 0 saturated carbocycles. The average Bonchev–Trinajstić information content (AvgIpc) is 3.10. The molecular weight excluding hydrogens is 360 g/mol. The number of thiophene rings is 1. The fourth-order valence-corrected chi connectivity index (χ4v) is 4.04. The molecule has 2 N–H and O–H groups in total. The lowest BCUT2D eigenvalue weighted by Gasteiger charge is -2.25. The van der Waals surface area contributed by atoms with Gasteiger partial charge in [0, 0.05) is 27.9 Å². The number of carbonyl (C=O) groups is 1. The van der Waals surface area contributed by atoms with Crippen LogP contribution in [0.5, 0.6) is 11.5 Å². The number of anilines is 1. The lowest BCUT2D eigenvalue weighted by Crippen LogP contribution is -2.30. The van der Waals surface area contributed by atoms with Crippen molar-refractivity contribution < 1.29 is 14.3 Å². The van der Waals surface area contributed by atoms with Gasteiger partial charge in [-0.2, -0.15) is 0 Å². The molecule has 2 aromatic rings. The highest BCUT2D eigenvalue weighted by atomic mass is 32.1. The summed E-state index contributed by atoms with van der Waals surface area (Å²) in [5, 5.41) is 0. The Labute approximate surface area is 165 Å². The Morgan fingerprint density at radius 2 is 1.85 bits per heavy atom. The molecule has 2 heterocycles. The van der Waals surface area contributed by atoms with Crippen LogP contribution >= 0.6 is 11.3 Å². The molecule has 0 aliphatic carbocycles. The molecule has 0 saturated heterocycles. The van der Waals surface area contributed by atoms with Crippen molar-refractivity contribution in [3.63, 3.8) is 0 Å². The first kappa shape index (κ1) is 19.7. The number of ether oxygens (including phenoxy) is 2. The maximum atomic E-state index is 13.0. The number of carbonyl (C=O) groups excluding carboxylic acids is 1. The van der Waals surface area contributed by atoms with Crippen LogP contribution in [-0.4, -0.2) is 25.7 Å². The van der Waals surface area contributed by atoms with E-state index in [1.807, 2.05) is 23.1 Å². The van der Waals surface area contributed by atoms with Gasteiger partial charge in [0.25, 0.3) is 0 Å². The molecule has 146 valence electrons. The zero-order valence-corrected chi connectivity index (χ0v) is 16.7. The van der Waals surface area contributed by atoms with Crippen LogP contribution in [0.15, 0.2) is 30.3 Å². The summed E-state index contributed by atoms with van der Waals surface area (Å²) in [7, 11) is 0. The molecule has 0 spiro atoms. The van der Waals surface area contributed by atoms with Gasteiger partial charge in [-0.25, -0.2) is 0 Å². The standard InChI is InChI=1S/C21H28N2O3S/c1-16-7-9-18(27-16)15-23(21(24)6-4-2-3-5-11-22)17-8-10-19-20(14-17)26-13-12-25-19/h7-10,14H,2-6,11-13,15,22H2,1H3. The second-order valence-electron chi connectivity index (χ2n) is 6.77. The molecule has 1 aliphatic rings. The van der Waals surface area contributed by atoms with Crippen LogP contribution in [0.4, 0.5) is 5.69 Å². The maximum absolute atomic E-state index is 13.0. The summed E-state index contributed by atoms with van der Waals surface area (Å²) < 4.78 is 11.3. The number of hydrogen-bond donors (Lipinski definition) is 1. The van der Waals surface area contributed by atoms with Crippen LogP contribution in [0, 0.1) is 6.92 Å². The Morgan fingerprint density at radius 1 is 1.07 bits per heavy atom. The number of aryl methyl sites for hydroxylation is 1. The van der Waals surface area contributed by atoms with E-state index in [1.54, 1.807) is 11.3 Å². The van der Waals surface area contributed by atoms with Crippen LogP contribution in [-0.2, 0) is 11.3 Å². The number of benzene rings is 1. The second kappa shape index (κ2) is 9.76. The first-order valence-corrected chi connectivity index (χ1v) is 10.4. The minimum atomic E-state index is 0.144. The highest BCUT2D eigenvalue weighted by Gasteiger charge is 2.20. The topological polar surface area (TPSA) is 64.8 Å².